The van der Waals surface area contributed by atoms with Gasteiger partial charge in [0.15, 0.2) is 5.82 Å². The average Bonchev–Trinajstić information content (AvgIpc) is 3.33. The minimum Gasteiger partial charge on any atom is -0.339 e. The number of amides is 1. The molecule has 1 aromatic heterocycles. The first-order chi connectivity index (χ1) is 11.8. The molecule has 25 heavy (non-hydrogen) atoms. The zero-order valence-corrected chi connectivity index (χ0v) is 15.3. The van der Waals surface area contributed by atoms with Crippen molar-refractivity contribution in [1.82, 2.24) is 15.5 Å². The maximum absolute atomic E-state index is 12.2. The molecule has 2 aromatic rings. The van der Waals surface area contributed by atoms with Crippen LogP contribution in [0, 0.1) is 0 Å². The molecule has 0 saturated heterocycles. The molecule has 0 unspecified atom stereocenters. The standard InChI is InChI=1S/C18H24N4O2.ClH/c1-2-19-12-14-6-3-4-7-15(14)20-16(23)8-5-9-17-21-18(22-24-17)13-10-11-13;/h3-4,6-7,13,19H,2,5,8-12H2,1H3,(H,20,23);1H. The van der Waals surface area contributed by atoms with Crippen LogP contribution in [0.15, 0.2) is 28.8 Å². The van der Waals surface area contributed by atoms with Crippen molar-refractivity contribution >= 4 is 24.0 Å². The Bertz CT molecular complexity index is 685. The summed E-state index contributed by atoms with van der Waals surface area (Å²) < 4.78 is 5.23. The second-order valence-corrected chi connectivity index (χ2v) is 6.16. The van der Waals surface area contributed by atoms with E-state index in [1.807, 2.05) is 24.3 Å². The van der Waals surface area contributed by atoms with Gasteiger partial charge in [-0.1, -0.05) is 30.3 Å². The number of para-hydroxylation sites is 1. The maximum atomic E-state index is 12.2. The van der Waals surface area contributed by atoms with E-state index in [0.717, 1.165) is 43.0 Å². The van der Waals surface area contributed by atoms with Gasteiger partial charge in [-0.05, 0) is 37.4 Å². The number of hydrogen-bond acceptors (Lipinski definition) is 5. The van der Waals surface area contributed by atoms with Gasteiger partial charge in [0.1, 0.15) is 0 Å². The first kappa shape index (κ1) is 19.4. The number of nitrogens with zero attached hydrogens (tertiary/aromatic N) is 2. The number of benzene rings is 1. The van der Waals surface area contributed by atoms with Crippen LogP contribution in [-0.4, -0.2) is 22.6 Å². The van der Waals surface area contributed by atoms with Crippen LogP contribution in [-0.2, 0) is 17.8 Å². The van der Waals surface area contributed by atoms with Crippen LogP contribution in [0.5, 0.6) is 0 Å². The Kier molecular flexibility index (Phi) is 7.40. The highest BCUT2D eigenvalue weighted by Crippen LogP contribution is 2.38. The summed E-state index contributed by atoms with van der Waals surface area (Å²) in [7, 11) is 0. The van der Waals surface area contributed by atoms with E-state index in [1.165, 1.54) is 0 Å². The number of hydrogen-bond donors (Lipinski definition) is 2. The highest BCUT2D eigenvalue weighted by atomic mass is 35.5. The zero-order valence-electron chi connectivity index (χ0n) is 14.5. The number of aryl methyl sites for hydroxylation is 1. The van der Waals surface area contributed by atoms with E-state index in [-0.39, 0.29) is 18.3 Å². The fraction of sp³-hybridized carbons (Fsp3) is 0.500. The van der Waals surface area contributed by atoms with Gasteiger partial charge in [-0.2, -0.15) is 4.98 Å². The number of anilines is 1. The lowest BCUT2D eigenvalue weighted by Crippen LogP contribution is -2.17. The molecule has 1 amide bonds. The molecule has 1 aliphatic carbocycles. The molecule has 3 rings (SSSR count). The van der Waals surface area contributed by atoms with Gasteiger partial charge in [-0.3, -0.25) is 4.79 Å². The Morgan fingerprint density at radius 3 is 2.88 bits per heavy atom. The zero-order chi connectivity index (χ0) is 16.8. The lowest BCUT2D eigenvalue weighted by molar-refractivity contribution is -0.116. The first-order valence-corrected chi connectivity index (χ1v) is 8.67. The molecular formula is C18H25ClN4O2. The van der Waals surface area contributed by atoms with E-state index in [1.54, 1.807) is 0 Å². The van der Waals surface area contributed by atoms with E-state index in [2.05, 4.69) is 27.7 Å². The van der Waals surface area contributed by atoms with Crippen molar-refractivity contribution in [3.05, 3.63) is 41.5 Å². The summed E-state index contributed by atoms with van der Waals surface area (Å²) in [4.78, 5) is 16.5. The van der Waals surface area contributed by atoms with Crippen LogP contribution < -0.4 is 10.6 Å². The minimum atomic E-state index is 0. The van der Waals surface area contributed by atoms with E-state index in [0.29, 0.717) is 31.1 Å². The molecule has 1 aromatic carbocycles. The van der Waals surface area contributed by atoms with Crippen LogP contribution in [0.25, 0.3) is 0 Å². The Morgan fingerprint density at radius 2 is 2.12 bits per heavy atom. The second kappa shape index (κ2) is 9.53. The molecule has 0 aliphatic heterocycles. The van der Waals surface area contributed by atoms with Crippen LogP contribution in [0.1, 0.15) is 55.8 Å². The number of halogens is 1. The molecule has 136 valence electrons. The van der Waals surface area contributed by atoms with Gasteiger partial charge < -0.3 is 15.2 Å². The average molecular weight is 365 g/mol. The predicted molar refractivity (Wildman–Crippen MR) is 98.9 cm³/mol. The molecule has 7 heteroatoms. The SMILES string of the molecule is CCNCc1ccccc1NC(=O)CCCc1nc(C2CC2)no1.Cl. The fourth-order valence-electron chi connectivity index (χ4n) is 2.55. The van der Waals surface area contributed by atoms with Crippen LogP contribution in [0.2, 0.25) is 0 Å². The fourth-order valence-corrected chi connectivity index (χ4v) is 2.55. The molecule has 1 saturated carbocycles. The maximum Gasteiger partial charge on any atom is 0.226 e. The summed E-state index contributed by atoms with van der Waals surface area (Å²) in [6, 6.07) is 7.87. The van der Waals surface area contributed by atoms with Gasteiger partial charge in [-0.25, -0.2) is 0 Å². The predicted octanol–water partition coefficient (Wildman–Crippen LogP) is 3.44. The molecule has 0 spiro atoms. The summed E-state index contributed by atoms with van der Waals surface area (Å²) in [5.41, 5.74) is 1.97. The smallest absolute Gasteiger partial charge is 0.226 e. The van der Waals surface area contributed by atoms with Gasteiger partial charge >= 0.3 is 0 Å². The van der Waals surface area contributed by atoms with Crippen molar-refractivity contribution in [2.45, 2.75) is 51.5 Å². The van der Waals surface area contributed by atoms with E-state index < -0.39 is 0 Å². The van der Waals surface area contributed by atoms with Crippen LogP contribution in [0.4, 0.5) is 5.69 Å². The number of carbonyl (C=O) groups excluding carboxylic acids is 1. The third-order valence-electron chi connectivity index (χ3n) is 4.08. The minimum absolute atomic E-state index is 0. The quantitative estimate of drug-likeness (QED) is 0.712. The summed E-state index contributed by atoms with van der Waals surface area (Å²) in [6.45, 7) is 3.71. The summed E-state index contributed by atoms with van der Waals surface area (Å²) in [5.74, 6) is 1.98. The van der Waals surface area contributed by atoms with E-state index in [4.69, 9.17) is 4.52 Å². The van der Waals surface area contributed by atoms with E-state index in [9.17, 15) is 4.79 Å². The Morgan fingerprint density at radius 1 is 1.32 bits per heavy atom. The molecule has 0 bridgehead atoms. The Balaban J connectivity index is 0.00000225. The van der Waals surface area contributed by atoms with Crippen molar-refractivity contribution in [3.8, 4) is 0 Å². The number of nitrogens with one attached hydrogen (secondary N) is 2. The Hall–Kier alpha value is -1.92. The molecule has 1 heterocycles. The molecule has 2 N–H and O–H groups in total. The third kappa shape index (κ3) is 5.83. The van der Waals surface area contributed by atoms with Crippen molar-refractivity contribution in [1.29, 1.82) is 0 Å². The van der Waals surface area contributed by atoms with Gasteiger partial charge in [0, 0.05) is 31.0 Å². The van der Waals surface area contributed by atoms with Crippen LogP contribution >= 0.6 is 12.4 Å². The van der Waals surface area contributed by atoms with Crippen LogP contribution in [0.3, 0.4) is 0 Å². The van der Waals surface area contributed by atoms with Gasteiger partial charge in [0.05, 0.1) is 0 Å². The number of aromatic nitrogens is 2. The second-order valence-electron chi connectivity index (χ2n) is 6.16. The molecular weight excluding hydrogens is 340 g/mol. The number of carbonyl (C=O) groups is 1. The Labute approximate surface area is 154 Å². The van der Waals surface area contributed by atoms with E-state index >= 15 is 0 Å². The van der Waals surface area contributed by atoms with Gasteiger partial charge in [0.25, 0.3) is 0 Å². The van der Waals surface area contributed by atoms with Crippen molar-refractivity contribution in [3.63, 3.8) is 0 Å². The highest BCUT2D eigenvalue weighted by Gasteiger charge is 2.28. The first-order valence-electron chi connectivity index (χ1n) is 8.67. The van der Waals surface area contributed by atoms with Gasteiger partial charge in [-0.15, -0.1) is 12.4 Å². The highest BCUT2D eigenvalue weighted by molar-refractivity contribution is 5.91. The molecule has 1 aliphatic rings. The molecule has 0 radical (unpaired) electrons. The van der Waals surface area contributed by atoms with Crippen molar-refractivity contribution in [2.24, 2.45) is 0 Å². The number of rotatable bonds is 9. The molecule has 6 nitrogen and oxygen atoms in total. The van der Waals surface area contributed by atoms with Gasteiger partial charge in [0.2, 0.25) is 11.8 Å². The lowest BCUT2D eigenvalue weighted by Gasteiger charge is -2.11. The summed E-state index contributed by atoms with van der Waals surface area (Å²) in [6.07, 6.45) is 4.11. The largest absolute Gasteiger partial charge is 0.339 e. The lowest BCUT2D eigenvalue weighted by atomic mass is 10.1. The molecule has 1 fully saturated rings. The third-order valence-corrected chi connectivity index (χ3v) is 4.08. The van der Waals surface area contributed by atoms with Crippen molar-refractivity contribution < 1.29 is 9.32 Å². The summed E-state index contributed by atoms with van der Waals surface area (Å²) in [5, 5.41) is 10.3. The monoisotopic (exact) mass is 364 g/mol. The normalized spacial score (nSPS) is 13.3. The topological polar surface area (TPSA) is 80.0 Å². The summed E-state index contributed by atoms with van der Waals surface area (Å²) >= 11 is 0. The van der Waals surface area contributed by atoms with Crippen molar-refractivity contribution in [2.75, 3.05) is 11.9 Å². The molecule has 0 atom stereocenters.